The molecule has 2 aromatic carbocycles. The summed E-state index contributed by atoms with van der Waals surface area (Å²) >= 11 is 3.72. The lowest BCUT2D eigenvalue weighted by molar-refractivity contribution is 1.10. The molecule has 3 aromatic rings. The maximum atomic E-state index is 4.68. The highest BCUT2D eigenvalue weighted by molar-refractivity contribution is 8.00. The molecule has 134 valence electrons. The second kappa shape index (κ2) is 8.74. The fraction of sp³-hybridized carbons (Fsp3) is 0.273. The molecule has 0 N–H and O–H groups in total. The van der Waals surface area contributed by atoms with Gasteiger partial charge >= 0.3 is 0 Å². The highest BCUT2D eigenvalue weighted by Gasteiger charge is 2.12. The van der Waals surface area contributed by atoms with Crippen molar-refractivity contribution >= 4 is 23.5 Å². The molecule has 0 aliphatic rings. The lowest BCUT2D eigenvalue weighted by Crippen LogP contribution is -1.95. The zero-order chi connectivity index (χ0) is 18.5. The predicted molar refractivity (Wildman–Crippen MR) is 115 cm³/mol. The summed E-state index contributed by atoms with van der Waals surface area (Å²) in [7, 11) is 0. The Balaban J connectivity index is 1.94. The quantitative estimate of drug-likeness (QED) is 0.439. The van der Waals surface area contributed by atoms with Crippen molar-refractivity contribution in [2.45, 2.75) is 48.0 Å². The molecule has 26 heavy (non-hydrogen) atoms. The number of nitrogens with zero attached hydrogens (tertiary/aromatic N) is 2. The molecule has 1 heterocycles. The van der Waals surface area contributed by atoms with Gasteiger partial charge in [-0.1, -0.05) is 64.1 Å². The van der Waals surface area contributed by atoms with Gasteiger partial charge in [0.05, 0.1) is 0 Å². The van der Waals surface area contributed by atoms with Crippen molar-refractivity contribution in [3.63, 3.8) is 0 Å². The van der Waals surface area contributed by atoms with Crippen LogP contribution in [0.4, 0.5) is 0 Å². The van der Waals surface area contributed by atoms with Gasteiger partial charge in [0.15, 0.2) is 5.82 Å². The van der Waals surface area contributed by atoms with Gasteiger partial charge in [0.25, 0.3) is 0 Å². The molecule has 4 heteroatoms. The summed E-state index contributed by atoms with van der Waals surface area (Å²) < 4.78 is 0. The smallest absolute Gasteiger partial charge is 0.160 e. The van der Waals surface area contributed by atoms with Crippen LogP contribution in [0, 0.1) is 0 Å². The molecule has 0 spiro atoms. The topological polar surface area (TPSA) is 25.8 Å². The molecule has 0 amide bonds. The molecule has 0 fully saturated rings. The molecule has 2 nitrogen and oxygen atoms in total. The number of rotatable bonds is 6. The van der Waals surface area contributed by atoms with Crippen LogP contribution in [0.15, 0.2) is 70.7 Å². The summed E-state index contributed by atoms with van der Waals surface area (Å²) in [5.74, 6) is 0.784. The fourth-order valence-electron chi connectivity index (χ4n) is 2.68. The van der Waals surface area contributed by atoms with Crippen molar-refractivity contribution in [3.05, 3.63) is 60.9 Å². The number of aromatic nitrogens is 2. The maximum absolute atomic E-state index is 4.68. The summed E-state index contributed by atoms with van der Waals surface area (Å²) in [5.41, 5.74) is 3.36. The SMILES string of the molecule is CC(C)Sc1ccccc1-c1cnc(-c2ccccc2SC(C)C)nc1. The van der Waals surface area contributed by atoms with Crippen molar-refractivity contribution in [3.8, 4) is 22.5 Å². The van der Waals surface area contributed by atoms with Crippen LogP contribution in [0.25, 0.3) is 22.5 Å². The summed E-state index contributed by atoms with van der Waals surface area (Å²) in [6.07, 6.45) is 3.89. The first-order valence-electron chi connectivity index (χ1n) is 8.88. The first-order valence-corrected chi connectivity index (χ1v) is 10.6. The van der Waals surface area contributed by atoms with Crippen LogP contribution in [0.1, 0.15) is 27.7 Å². The van der Waals surface area contributed by atoms with Gasteiger partial charge in [0.1, 0.15) is 0 Å². The van der Waals surface area contributed by atoms with Gasteiger partial charge in [-0.2, -0.15) is 0 Å². The van der Waals surface area contributed by atoms with Gasteiger partial charge in [-0.3, -0.25) is 0 Å². The molecule has 0 bridgehead atoms. The summed E-state index contributed by atoms with van der Waals surface area (Å²) in [6.45, 7) is 8.83. The van der Waals surface area contributed by atoms with Crippen molar-refractivity contribution in [1.29, 1.82) is 0 Å². The lowest BCUT2D eigenvalue weighted by Gasteiger charge is -2.12. The number of thioether (sulfide) groups is 2. The van der Waals surface area contributed by atoms with Crippen molar-refractivity contribution in [1.82, 2.24) is 9.97 Å². The minimum atomic E-state index is 0.523. The average molecular weight is 381 g/mol. The molecule has 0 atom stereocenters. The normalized spacial score (nSPS) is 11.3. The molecular weight excluding hydrogens is 356 g/mol. The molecule has 0 aliphatic carbocycles. The van der Waals surface area contributed by atoms with E-state index < -0.39 is 0 Å². The summed E-state index contributed by atoms with van der Waals surface area (Å²) in [6, 6.07) is 16.8. The molecule has 1 aromatic heterocycles. The van der Waals surface area contributed by atoms with Crippen LogP contribution in [-0.2, 0) is 0 Å². The molecule has 0 aliphatic heterocycles. The Morgan fingerprint density at radius 2 is 1.12 bits per heavy atom. The number of hydrogen-bond acceptors (Lipinski definition) is 4. The Morgan fingerprint density at radius 1 is 0.654 bits per heavy atom. The average Bonchev–Trinajstić information content (AvgIpc) is 2.62. The molecule has 0 radical (unpaired) electrons. The lowest BCUT2D eigenvalue weighted by atomic mass is 10.1. The highest BCUT2D eigenvalue weighted by Crippen LogP contribution is 2.35. The van der Waals surface area contributed by atoms with E-state index in [-0.39, 0.29) is 0 Å². The van der Waals surface area contributed by atoms with E-state index in [0.717, 1.165) is 17.0 Å². The van der Waals surface area contributed by atoms with E-state index in [4.69, 9.17) is 0 Å². The van der Waals surface area contributed by atoms with E-state index in [1.54, 1.807) is 0 Å². The molecule has 0 unspecified atom stereocenters. The minimum absolute atomic E-state index is 0.523. The fourth-order valence-corrected chi connectivity index (χ4v) is 4.61. The van der Waals surface area contributed by atoms with Gasteiger partial charge in [0.2, 0.25) is 0 Å². The van der Waals surface area contributed by atoms with E-state index in [1.807, 2.05) is 42.0 Å². The Bertz CT molecular complexity index is 786. The van der Waals surface area contributed by atoms with Crippen LogP contribution in [-0.4, -0.2) is 20.5 Å². The summed E-state index contributed by atoms with van der Waals surface area (Å²) in [5, 5.41) is 1.06. The standard InChI is InChI=1S/C22H24N2S2/c1-15(2)25-20-11-7-5-9-18(20)17-13-23-22(24-14-17)19-10-6-8-12-21(19)26-16(3)4/h5-16H,1-4H3. The van der Waals surface area contributed by atoms with Gasteiger partial charge < -0.3 is 0 Å². The summed E-state index contributed by atoms with van der Waals surface area (Å²) in [4.78, 5) is 11.9. The van der Waals surface area contributed by atoms with Crippen LogP contribution < -0.4 is 0 Å². The van der Waals surface area contributed by atoms with Gasteiger partial charge in [0, 0.05) is 43.8 Å². The third kappa shape index (κ3) is 4.68. The Kier molecular flexibility index (Phi) is 6.38. The zero-order valence-electron chi connectivity index (χ0n) is 15.6. The molecule has 3 rings (SSSR count). The Hall–Kier alpha value is -1.78. The molecular formula is C22H24N2S2. The first kappa shape index (κ1) is 19.0. The predicted octanol–water partition coefficient (Wildman–Crippen LogP) is 6.81. The van der Waals surface area contributed by atoms with E-state index in [0.29, 0.717) is 10.5 Å². The van der Waals surface area contributed by atoms with E-state index >= 15 is 0 Å². The van der Waals surface area contributed by atoms with Crippen molar-refractivity contribution in [2.75, 3.05) is 0 Å². The minimum Gasteiger partial charge on any atom is -0.236 e. The monoisotopic (exact) mass is 380 g/mol. The first-order chi connectivity index (χ1) is 12.5. The second-order valence-corrected chi connectivity index (χ2v) is 9.86. The second-order valence-electron chi connectivity index (χ2n) is 6.62. The van der Waals surface area contributed by atoms with Crippen LogP contribution in [0.3, 0.4) is 0 Å². The van der Waals surface area contributed by atoms with E-state index in [1.165, 1.54) is 15.4 Å². The molecule has 0 saturated heterocycles. The van der Waals surface area contributed by atoms with Gasteiger partial charge in [-0.15, -0.1) is 23.5 Å². The zero-order valence-corrected chi connectivity index (χ0v) is 17.3. The highest BCUT2D eigenvalue weighted by atomic mass is 32.2. The molecule has 0 saturated carbocycles. The van der Waals surface area contributed by atoms with Gasteiger partial charge in [-0.25, -0.2) is 9.97 Å². The van der Waals surface area contributed by atoms with Gasteiger partial charge in [-0.05, 0) is 17.7 Å². The van der Waals surface area contributed by atoms with E-state index in [2.05, 4.69) is 80.1 Å². The van der Waals surface area contributed by atoms with E-state index in [9.17, 15) is 0 Å². The third-order valence-electron chi connectivity index (χ3n) is 3.70. The van der Waals surface area contributed by atoms with Crippen molar-refractivity contribution in [2.24, 2.45) is 0 Å². The van der Waals surface area contributed by atoms with Crippen LogP contribution >= 0.6 is 23.5 Å². The van der Waals surface area contributed by atoms with Crippen LogP contribution in [0.5, 0.6) is 0 Å². The number of hydrogen-bond donors (Lipinski definition) is 0. The Labute approximate surface area is 164 Å². The maximum Gasteiger partial charge on any atom is 0.160 e. The van der Waals surface area contributed by atoms with Crippen LogP contribution in [0.2, 0.25) is 0 Å². The number of benzene rings is 2. The van der Waals surface area contributed by atoms with Crippen molar-refractivity contribution < 1.29 is 0 Å². The largest absolute Gasteiger partial charge is 0.236 e. The third-order valence-corrected chi connectivity index (χ3v) is 5.87. The Morgan fingerprint density at radius 3 is 1.65 bits per heavy atom.